The van der Waals surface area contributed by atoms with Gasteiger partial charge in [0.2, 0.25) is 0 Å². The van der Waals surface area contributed by atoms with Crippen LogP contribution in [-0.2, 0) is 47.4 Å². The molecule has 0 aromatic carbocycles. The van der Waals surface area contributed by atoms with Crippen molar-refractivity contribution in [3.05, 3.63) is 0 Å². The maximum atomic E-state index is 12.6. The minimum atomic E-state index is -1.92. The van der Waals surface area contributed by atoms with Gasteiger partial charge in [-0.2, -0.15) is 0 Å². The summed E-state index contributed by atoms with van der Waals surface area (Å²) >= 11 is 0. The van der Waals surface area contributed by atoms with Crippen LogP contribution in [0.1, 0.15) is 113 Å². The van der Waals surface area contributed by atoms with E-state index in [4.69, 9.17) is 42.6 Å². The highest BCUT2D eigenvalue weighted by atomic mass is 16.8. The van der Waals surface area contributed by atoms with E-state index in [-0.39, 0.29) is 39.4 Å². The van der Waals surface area contributed by atoms with Crippen molar-refractivity contribution < 1.29 is 109 Å². The van der Waals surface area contributed by atoms with Crippen LogP contribution in [-0.4, -0.2) is 229 Å². The van der Waals surface area contributed by atoms with Gasteiger partial charge in [-0.05, 0) is 105 Å². The van der Waals surface area contributed by atoms with Crippen LogP contribution in [0.3, 0.4) is 0 Å². The van der Waals surface area contributed by atoms with Gasteiger partial charge in [0.05, 0.1) is 50.3 Å². The number of hydrogen-bond donors (Lipinski definition) is 12. The number of aliphatic hydroxyl groups is 12. The van der Waals surface area contributed by atoms with Gasteiger partial charge in [0, 0.05) is 16.2 Å². The largest absolute Gasteiger partial charge is 0.394 e. The van der Waals surface area contributed by atoms with Gasteiger partial charge in [-0.3, -0.25) is 0 Å². The Morgan fingerprint density at radius 2 is 1.16 bits per heavy atom. The number of aliphatic hydroxyl groups excluding tert-OH is 12. The van der Waals surface area contributed by atoms with E-state index >= 15 is 0 Å². The summed E-state index contributed by atoms with van der Waals surface area (Å²) in [4.78, 5) is 12.6. The zero-order valence-electron chi connectivity index (χ0n) is 44.3. The molecule has 0 amide bonds. The molecule has 0 aromatic rings. The van der Waals surface area contributed by atoms with Crippen LogP contribution >= 0.6 is 0 Å². The SMILES string of the molecule is C[C@@H]1O[C@@H](O[C@H]2[C@H](O[C@@H]3[C@@H](O[C@@H]4O[C@H](CO)[C@@H](O)[C@H](O)[C@H]4O)[C@H](O[C@H]4CC[C@@]5(C)[C@H](CC[C@@]6(C)[C@H]5CC[C@]57OC[C@@]8(CC[C@](C)(C=O)C[C@H]85)[C@H](O)C[C@@]67C)C4(C)C)OC[C@@H]3O)O[C@H](CO)[C@@H](O)[C@@H]2O)[C@H](O)[C@H](O)[C@H]1O. The lowest BCUT2D eigenvalue weighted by Crippen LogP contribution is -2.74. The van der Waals surface area contributed by atoms with Gasteiger partial charge in [-0.15, -0.1) is 0 Å². The zero-order chi connectivity index (χ0) is 54.3. The second-order valence-corrected chi connectivity index (χ2v) is 26.2. The third-order valence-electron chi connectivity index (χ3n) is 22.3. The molecule has 2 bridgehead atoms. The molecule has 0 radical (unpaired) electrons. The van der Waals surface area contributed by atoms with Gasteiger partial charge in [0.15, 0.2) is 25.2 Å². The van der Waals surface area contributed by atoms with Crippen molar-refractivity contribution in [2.75, 3.05) is 26.4 Å². The first-order valence-electron chi connectivity index (χ1n) is 27.5. The number of rotatable bonds is 11. The molecular formula is C53H86O22. The average molecular weight is 1080 g/mol. The molecule has 10 rings (SSSR count). The molecule has 22 nitrogen and oxygen atoms in total. The van der Waals surface area contributed by atoms with Crippen LogP contribution in [0.2, 0.25) is 0 Å². The topological polar surface area (TPSA) is 343 Å². The molecule has 75 heavy (non-hydrogen) atoms. The maximum absolute atomic E-state index is 12.6. The molecule has 10 aliphatic rings. The quantitative estimate of drug-likeness (QED) is 0.0827. The summed E-state index contributed by atoms with van der Waals surface area (Å²) in [6.07, 6.45) is -24.0. The van der Waals surface area contributed by atoms with E-state index in [1.807, 2.05) is 0 Å². The van der Waals surface area contributed by atoms with Crippen molar-refractivity contribution in [1.29, 1.82) is 0 Å². The summed E-state index contributed by atoms with van der Waals surface area (Å²) < 4.78 is 56.8. The van der Waals surface area contributed by atoms with E-state index in [1.54, 1.807) is 0 Å². The predicted molar refractivity (Wildman–Crippen MR) is 255 cm³/mol. The number of carbonyl (C=O) groups is 1. The van der Waals surface area contributed by atoms with E-state index in [9.17, 15) is 66.1 Å². The number of fused-ring (bicyclic) bond motifs is 4. The number of aldehydes is 1. The first kappa shape index (κ1) is 57.1. The van der Waals surface area contributed by atoms with E-state index in [0.29, 0.717) is 25.9 Å². The van der Waals surface area contributed by atoms with Crippen molar-refractivity contribution >= 4 is 6.29 Å². The van der Waals surface area contributed by atoms with Crippen LogP contribution < -0.4 is 0 Å². The molecule has 5 heterocycles. The fourth-order valence-corrected chi connectivity index (χ4v) is 17.6. The van der Waals surface area contributed by atoms with Gasteiger partial charge in [-0.25, -0.2) is 0 Å². The molecule has 30 atom stereocenters. The van der Waals surface area contributed by atoms with Crippen LogP contribution in [0.5, 0.6) is 0 Å². The highest BCUT2D eigenvalue weighted by Crippen LogP contribution is 2.80. The van der Waals surface area contributed by atoms with Gasteiger partial charge in [0.1, 0.15) is 91.7 Å². The van der Waals surface area contributed by atoms with Crippen molar-refractivity contribution in [3.8, 4) is 0 Å². The van der Waals surface area contributed by atoms with Crippen LogP contribution in [0.25, 0.3) is 0 Å². The smallest absolute Gasteiger partial charge is 0.187 e. The average Bonchev–Trinajstić information content (AvgIpc) is 3.86. The minimum absolute atomic E-state index is 0.0639. The summed E-state index contributed by atoms with van der Waals surface area (Å²) in [6, 6.07) is 0. The Balaban J connectivity index is 0.934. The Kier molecular flexibility index (Phi) is 15.3. The predicted octanol–water partition coefficient (Wildman–Crippen LogP) is -1.50. The van der Waals surface area contributed by atoms with Crippen molar-refractivity contribution in [3.63, 3.8) is 0 Å². The molecule has 10 fully saturated rings. The Labute approximate surface area is 437 Å². The van der Waals surface area contributed by atoms with Gasteiger partial charge < -0.3 is 109 Å². The van der Waals surface area contributed by atoms with Crippen molar-refractivity contribution in [2.45, 2.75) is 247 Å². The molecule has 0 unspecified atom stereocenters. The summed E-state index contributed by atoms with van der Waals surface area (Å²) in [5.74, 6) is 0.408. The second-order valence-electron chi connectivity index (χ2n) is 26.2. The van der Waals surface area contributed by atoms with Crippen LogP contribution in [0, 0.1) is 50.2 Å². The third-order valence-corrected chi connectivity index (χ3v) is 22.3. The molecular weight excluding hydrogens is 989 g/mol. The summed E-state index contributed by atoms with van der Waals surface area (Å²) in [6.45, 7) is 13.5. The Morgan fingerprint density at radius 3 is 1.83 bits per heavy atom. The van der Waals surface area contributed by atoms with Gasteiger partial charge in [-0.1, -0.05) is 41.5 Å². The second kappa shape index (κ2) is 20.1. The molecule has 1 spiro atoms. The zero-order valence-corrected chi connectivity index (χ0v) is 44.3. The number of hydrogen-bond acceptors (Lipinski definition) is 22. The lowest BCUT2D eigenvalue weighted by Gasteiger charge is -2.75. The standard InChI is InChI=1S/C53H86O22/c1-23-32(59)35(62)38(65)43(69-23)74-41-37(64)34(61)26(19-55)71-46(41)73-40-24(57)20-67-45(42(40)75-44-39(66)36(63)33(60)25(18-54)70-44)72-31-10-11-49(5)27(47(31,2)3)8-12-50(6)28(49)9-13-53-29-16-48(4,21-56)14-15-52(29,22-68-53)30(58)17-51(50,53)7/h21,23-46,54-55,57-66H,8-20,22H2,1-7H3/t23-,24-,25+,26+,27+,28-,29+,30+,31-,32-,33+,34+,35+,36-,37-,38+,39+,40-,41+,42+,43-,44-,45-,46-,48-,49-,50-,51-,52+,53-/m0/s1. The Morgan fingerprint density at radius 1 is 0.560 bits per heavy atom. The van der Waals surface area contributed by atoms with Crippen LogP contribution in [0.15, 0.2) is 0 Å². The lowest BCUT2D eigenvalue weighted by molar-refractivity contribution is -0.401. The molecule has 0 aromatic heterocycles. The van der Waals surface area contributed by atoms with Gasteiger partial charge >= 0.3 is 0 Å². The Hall–Kier alpha value is -1.17. The highest BCUT2D eigenvalue weighted by molar-refractivity contribution is 5.59. The van der Waals surface area contributed by atoms with Crippen LogP contribution in [0.4, 0.5) is 0 Å². The first-order valence-corrected chi connectivity index (χ1v) is 27.5. The lowest BCUT2D eigenvalue weighted by atomic mass is 9.30. The summed E-state index contributed by atoms with van der Waals surface area (Å²) in [5.41, 5.74) is -2.67. The number of carbonyl (C=O) groups excluding carboxylic acids is 1. The fourth-order valence-electron chi connectivity index (χ4n) is 17.6. The van der Waals surface area contributed by atoms with Crippen molar-refractivity contribution in [1.82, 2.24) is 0 Å². The Bertz CT molecular complexity index is 2050. The molecule has 22 heteroatoms. The van der Waals surface area contributed by atoms with E-state index in [0.717, 1.165) is 51.2 Å². The van der Waals surface area contributed by atoms with Gasteiger partial charge in [0.25, 0.3) is 0 Å². The minimum Gasteiger partial charge on any atom is -0.394 e. The summed E-state index contributed by atoms with van der Waals surface area (Å²) in [7, 11) is 0. The maximum Gasteiger partial charge on any atom is 0.187 e. The first-order chi connectivity index (χ1) is 35.2. The normalized spacial score (nSPS) is 58.5. The monoisotopic (exact) mass is 1070 g/mol. The summed E-state index contributed by atoms with van der Waals surface area (Å²) in [5, 5.41) is 132. The molecule has 5 aliphatic heterocycles. The third kappa shape index (κ3) is 8.54. The molecule has 430 valence electrons. The molecule has 5 aliphatic carbocycles. The van der Waals surface area contributed by atoms with E-state index in [2.05, 4.69) is 41.5 Å². The fraction of sp³-hybridized carbons (Fsp3) is 0.981. The number of ether oxygens (including phenoxy) is 9. The highest BCUT2D eigenvalue weighted by Gasteiger charge is 2.80. The van der Waals surface area contributed by atoms with E-state index in [1.165, 1.54) is 6.92 Å². The molecule has 12 N–H and O–H groups in total. The molecule has 5 saturated carbocycles. The molecule has 5 saturated heterocycles. The van der Waals surface area contributed by atoms with Crippen molar-refractivity contribution in [2.24, 2.45) is 50.2 Å². The van der Waals surface area contributed by atoms with E-state index < -0.39 is 165 Å².